The van der Waals surface area contributed by atoms with Gasteiger partial charge in [0.25, 0.3) is 0 Å². The number of nitrogens with one attached hydrogen (secondary N) is 1. The molecule has 0 spiro atoms. The van der Waals surface area contributed by atoms with Crippen LogP contribution in [0.25, 0.3) is 0 Å². The Labute approximate surface area is 147 Å². The lowest BCUT2D eigenvalue weighted by Crippen LogP contribution is -2.53. The molecule has 2 amide bonds. The molecule has 0 saturated carbocycles. The van der Waals surface area contributed by atoms with Gasteiger partial charge in [-0.25, -0.2) is 4.79 Å². The lowest BCUT2D eigenvalue weighted by molar-refractivity contribution is 0.00248. The number of benzene rings is 1. The molecule has 0 aromatic heterocycles. The van der Waals surface area contributed by atoms with Crippen LogP contribution in [-0.2, 0) is 4.74 Å². The van der Waals surface area contributed by atoms with Crippen molar-refractivity contribution in [2.45, 2.75) is 18.9 Å². The Morgan fingerprint density at radius 1 is 1.33 bits per heavy atom. The van der Waals surface area contributed by atoms with Gasteiger partial charge < -0.3 is 19.7 Å². The van der Waals surface area contributed by atoms with E-state index in [4.69, 9.17) is 21.1 Å². The van der Waals surface area contributed by atoms with Crippen molar-refractivity contribution < 1.29 is 14.3 Å². The summed E-state index contributed by atoms with van der Waals surface area (Å²) in [5.41, 5.74) is 0.600. The van der Waals surface area contributed by atoms with Crippen LogP contribution in [0, 0.1) is 0 Å². The van der Waals surface area contributed by atoms with E-state index in [1.165, 1.54) is 0 Å². The minimum atomic E-state index is -0.103. The molecular weight excluding hydrogens is 330 g/mol. The maximum Gasteiger partial charge on any atom is 0.322 e. The monoisotopic (exact) mass is 353 g/mol. The maximum absolute atomic E-state index is 12.6. The van der Waals surface area contributed by atoms with Crippen molar-refractivity contribution >= 4 is 23.3 Å². The fraction of sp³-hybridized carbons (Fsp3) is 0.588. The van der Waals surface area contributed by atoms with Crippen LogP contribution in [0.5, 0.6) is 5.75 Å². The van der Waals surface area contributed by atoms with Gasteiger partial charge in [0.05, 0.1) is 26.0 Å². The molecule has 2 heterocycles. The summed E-state index contributed by atoms with van der Waals surface area (Å²) in [5, 5.41) is 3.50. The fourth-order valence-corrected chi connectivity index (χ4v) is 3.52. The number of piperidine rings is 1. The highest BCUT2D eigenvalue weighted by molar-refractivity contribution is 6.31. The molecule has 3 rings (SSSR count). The van der Waals surface area contributed by atoms with Gasteiger partial charge >= 0.3 is 6.03 Å². The van der Waals surface area contributed by atoms with Crippen LogP contribution in [0.1, 0.15) is 12.8 Å². The highest BCUT2D eigenvalue weighted by Crippen LogP contribution is 2.28. The number of hydrogen-bond donors (Lipinski definition) is 1. The van der Waals surface area contributed by atoms with Gasteiger partial charge in [0.2, 0.25) is 0 Å². The Morgan fingerprint density at radius 2 is 2.12 bits per heavy atom. The molecule has 0 radical (unpaired) electrons. The lowest BCUT2D eigenvalue weighted by atomic mass is 10.0. The first-order chi connectivity index (χ1) is 11.7. The van der Waals surface area contributed by atoms with E-state index >= 15 is 0 Å². The van der Waals surface area contributed by atoms with Crippen LogP contribution in [0.15, 0.2) is 18.2 Å². The Hall–Kier alpha value is -1.50. The number of carbonyl (C=O) groups is 1. The molecule has 2 saturated heterocycles. The Balaban J connectivity index is 1.63. The number of anilines is 1. The van der Waals surface area contributed by atoms with Crippen LogP contribution in [0.3, 0.4) is 0 Å². The van der Waals surface area contributed by atoms with Gasteiger partial charge in [0.1, 0.15) is 5.75 Å². The summed E-state index contributed by atoms with van der Waals surface area (Å²) in [7, 11) is 1.58. The molecule has 0 bridgehead atoms. The molecule has 1 N–H and O–H groups in total. The fourth-order valence-electron chi connectivity index (χ4n) is 3.35. The smallest absolute Gasteiger partial charge is 0.322 e. The Kier molecular flexibility index (Phi) is 5.81. The summed E-state index contributed by atoms with van der Waals surface area (Å²) in [6.07, 6.45) is 2.15. The second-order valence-electron chi connectivity index (χ2n) is 6.17. The number of nitrogens with zero attached hydrogens (tertiary/aromatic N) is 2. The van der Waals surface area contributed by atoms with E-state index in [-0.39, 0.29) is 6.03 Å². The summed E-state index contributed by atoms with van der Waals surface area (Å²) >= 11 is 6.03. The molecule has 24 heavy (non-hydrogen) atoms. The van der Waals surface area contributed by atoms with Crippen molar-refractivity contribution in [2.75, 3.05) is 51.8 Å². The maximum atomic E-state index is 12.6. The quantitative estimate of drug-likeness (QED) is 0.907. The number of rotatable bonds is 3. The van der Waals surface area contributed by atoms with Crippen LogP contribution >= 0.6 is 11.6 Å². The predicted molar refractivity (Wildman–Crippen MR) is 94.0 cm³/mol. The largest absolute Gasteiger partial charge is 0.495 e. The van der Waals surface area contributed by atoms with E-state index in [1.54, 1.807) is 25.3 Å². The molecule has 1 atom stereocenters. The highest BCUT2D eigenvalue weighted by atomic mass is 35.5. The topological polar surface area (TPSA) is 54.0 Å². The highest BCUT2D eigenvalue weighted by Gasteiger charge is 2.29. The predicted octanol–water partition coefficient (Wildman–Crippen LogP) is 2.68. The Morgan fingerprint density at radius 3 is 2.88 bits per heavy atom. The number of halogens is 1. The lowest BCUT2D eigenvalue weighted by Gasteiger charge is -2.40. The molecule has 2 aliphatic heterocycles. The normalized spacial score (nSPS) is 22.2. The van der Waals surface area contributed by atoms with E-state index in [2.05, 4.69) is 10.2 Å². The van der Waals surface area contributed by atoms with E-state index in [9.17, 15) is 4.79 Å². The summed E-state index contributed by atoms with van der Waals surface area (Å²) in [6.45, 7) is 4.97. The minimum absolute atomic E-state index is 0.103. The molecule has 2 aliphatic rings. The van der Waals surface area contributed by atoms with Crippen molar-refractivity contribution in [1.29, 1.82) is 0 Å². The number of urea groups is 1. The molecule has 7 heteroatoms. The zero-order valence-corrected chi connectivity index (χ0v) is 14.7. The third-order valence-corrected chi connectivity index (χ3v) is 4.88. The summed E-state index contributed by atoms with van der Waals surface area (Å²) in [5.74, 6) is 0.606. The van der Waals surface area contributed by atoms with Crippen molar-refractivity contribution in [3.8, 4) is 5.75 Å². The number of amides is 2. The van der Waals surface area contributed by atoms with Crippen LogP contribution in [0.2, 0.25) is 5.02 Å². The van der Waals surface area contributed by atoms with Crippen LogP contribution in [0.4, 0.5) is 10.5 Å². The number of ether oxygens (including phenoxy) is 2. The average molecular weight is 354 g/mol. The van der Waals surface area contributed by atoms with E-state index in [1.807, 2.05) is 4.90 Å². The average Bonchev–Trinajstić information content (AvgIpc) is 2.63. The first-order valence-electron chi connectivity index (χ1n) is 8.38. The number of carbonyl (C=O) groups excluding carboxylic acids is 1. The van der Waals surface area contributed by atoms with Gasteiger partial charge in [-0.1, -0.05) is 11.6 Å². The van der Waals surface area contributed by atoms with Crippen molar-refractivity contribution in [2.24, 2.45) is 0 Å². The number of methoxy groups -OCH3 is 1. The molecule has 2 fully saturated rings. The van der Waals surface area contributed by atoms with Crippen molar-refractivity contribution in [3.05, 3.63) is 23.2 Å². The van der Waals surface area contributed by atoms with Gasteiger partial charge in [0.15, 0.2) is 0 Å². The minimum Gasteiger partial charge on any atom is -0.495 e. The molecule has 6 nitrogen and oxygen atoms in total. The van der Waals surface area contributed by atoms with Crippen LogP contribution < -0.4 is 10.1 Å². The zero-order valence-electron chi connectivity index (χ0n) is 14.0. The first-order valence-corrected chi connectivity index (χ1v) is 8.76. The second kappa shape index (κ2) is 8.05. The van der Waals surface area contributed by atoms with Gasteiger partial charge in [0, 0.05) is 37.2 Å². The summed E-state index contributed by atoms with van der Waals surface area (Å²) in [4.78, 5) is 17.0. The Bertz CT molecular complexity index is 578. The van der Waals surface area contributed by atoms with Crippen LogP contribution in [-0.4, -0.2) is 68.4 Å². The molecule has 1 unspecified atom stereocenters. The van der Waals surface area contributed by atoms with E-state index in [0.717, 1.165) is 52.2 Å². The number of morpholine rings is 1. The van der Waals surface area contributed by atoms with Crippen molar-refractivity contribution in [1.82, 2.24) is 9.80 Å². The van der Waals surface area contributed by atoms with Crippen molar-refractivity contribution in [3.63, 3.8) is 0 Å². The molecule has 1 aromatic carbocycles. The molecule has 132 valence electrons. The molecule has 0 aliphatic carbocycles. The molecular formula is C17H24ClN3O3. The number of likely N-dealkylation sites (tertiary alicyclic amines) is 1. The molecule has 1 aromatic rings. The number of hydrogen-bond acceptors (Lipinski definition) is 4. The third-order valence-electron chi connectivity index (χ3n) is 4.65. The van der Waals surface area contributed by atoms with Gasteiger partial charge in [-0.3, -0.25) is 4.90 Å². The SMILES string of the molecule is COc1ccc(Cl)cc1NC(=O)N1CCCC(N2CCOCC2)C1. The standard InChI is InChI=1S/C17H24ClN3O3/c1-23-16-5-4-13(18)11-15(16)19-17(22)21-6-2-3-14(12-21)20-7-9-24-10-8-20/h4-5,11,14H,2-3,6-10,12H2,1H3,(H,19,22). The summed E-state index contributed by atoms with van der Waals surface area (Å²) in [6, 6.07) is 5.51. The van der Waals surface area contributed by atoms with E-state index in [0.29, 0.717) is 22.5 Å². The third kappa shape index (κ3) is 4.12. The first kappa shape index (κ1) is 17.3. The van der Waals surface area contributed by atoms with Gasteiger partial charge in [-0.15, -0.1) is 0 Å². The van der Waals surface area contributed by atoms with E-state index < -0.39 is 0 Å². The zero-order chi connectivity index (χ0) is 16.9. The van der Waals surface area contributed by atoms with Gasteiger partial charge in [-0.05, 0) is 31.0 Å². The van der Waals surface area contributed by atoms with Gasteiger partial charge in [-0.2, -0.15) is 0 Å². The summed E-state index contributed by atoms with van der Waals surface area (Å²) < 4.78 is 10.7. The second-order valence-corrected chi connectivity index (χ2v) is 6.60.